The van der Waals surface area contributed by atoms with Gasteiger partial charge in [0.2, 0.25) is 5.91 Å². The molecule has 84 valence electrons. The maximum absolute atomic E-state index is 12.6. The van der Waals surface area contributed by atoms with E-state index in [1.807, 2.05) is 0 Å². The van der Waals surface area contributed by atoms with Crippen molar-refractivity contribution in [3.05, 3.63) is 24.1 Å². The van der Waals surface area contributed by atoms with Crippen LogP contribution >= 0.6 is 0 Å². The Labute approximate surface area is 91.9 Å². The summed E-state index contributed by atoms with van der Waals surface area (Å²) in [5.41, 5.74) is 0. The Balaban J connectivity index is 1.97. The Bertz CT molecular complexity index is 416. The molecule has 16 heavy (non-hydrogen) atoms. The third-order valence-corrected chi connectivity index (χ3v) is 2.60. The number of hydrogen-bond donors (Lipinski definition) is 1. The molecule has 0 bridgehead atoms. The van der Waals surface area contributed by atoms with E-state index in [4.69, 9.17) is 0 Å². The number of pyridine rings is 1. The Morgan fingerprint density at radius 2 is 2.31 bits per heavy atom. The van der Waals surface area contributed by atoms with Crippen LogP contribution in [0.2, 0.25) is 0 Å². The summed E-state index contributed by atoms with van der Waals surface area (Å²) in [5.74, 6) is -0.503. The second-order valence-corrected chi connectivity index (χ2v) is 3.83. The number of nitrogens with one attached hydrogen (secondary N) is 1. The van der Waals surface area contributed by atoms with Gasteiger partial charge in [-0.1, -0.05) is 0 Å². The minimum atomic E-state index is -0.450. The molecular formula is C11H11FN2O2. The summed E-state index contributed by atoms with van der Waals surface area (Å²) in [6.07, 6.45) is 2.39. The number of hydrogen-bond acceptors (Lipinski definition) is 3. The number of nitrogens with zero attached hydrogens (tertiary/aromatic N) is 1. The Morgan fingerprint density at radius 3 is 2.88 bits per heavy atom. The van der Waals surface area contributed by atoms with Crippen LogP contribution < -0.4 is 5.32 Å². The van der Waals surface area contributed by atoms with Gasteiger partial charge in [0, 0.05) is 18.8 Å². The zero-order valence-corrected chi connectivity index (χ0v) is 8.57. The maximum atomic E-state index is 12.6. The molecule has 1 fully saturated rings. The average Bonchev–Trinajstić information content (AvgIpc) is 2.68. The van der Waals surface area contributed by atoms with Crippen LogP contribution in [0.5, 0.6) is 0 Å². The monoisotopic (exact) mass is 222 g/mol. The van der Waals surface area contributed by atoms with Crippen molar-refractivity contribution in [3.8, 4) is 0 Å². The highest BCUT2D eigenvalue weighted by atomic mass is 19.1. The number of amides is 1. The van der Waals surface area contributed by atoms with Crippen LogP contribution in [0.25, 0.3) is 0 Å². The SMILES string of the molecule is O=C1CC[C@@H](C(=O)Nc2ccc(F)cn2)C1. The molecule has 1 amide bonds. The number of ketones is 1. The minimum Gasteiger partial charge on any atom is -0.310 e. The van der Waals surface area contributed by atoms with Gasteiger partial charge in [0.15, 0.2) is 0 Å². The second kappa shape index (κ2) is 4.38. The summed E-state index contributed by atoms with van der Waals surface area (Å²) in [6.45, 7) is 0. The summed E-state index contributed by atoms with van der Waals surface area (Å²) >= 11 is 0. The van der Waals surface area contributed by atoms with Crippen molar-refractivity contribution in [2.45, 2.75) is 19.3 Å². The lowest BCUT2D eigenvalue weighted by Gasteiger charge is -2.08. The highest BCUT2D eigenvalue weighted by molar-refractivity contribution is 5.96. The first-order valence-electron chi connectivity index (χ1n) is 5.09. The van der Waals surface area contributed by atoms with E-state index in [1.54, 1.807) is 0 Å². The fraction of sp³-hybridized carbons (Fsp3) is 0.364. The standard InChI is InChI=1S/C11H11FN2O2/c12-8-2-4-10(13-6-8)14-11(16)7-1-3-9(15)5-7/h2,4,6-7H,1,3,5H2,(H,13,14,16)/t7-/m1/s1. The van der Waals surface area contributed by atoms with E-state index in [9.17, 15) is 14.0 Å². The number of carbonyl (C=O) groups is 2. The van der Waals surface area contributed by atoms with Crippen LogP contribution in [0.3, 0.4) is 0 Å². The van der Waals surface area contributed by atoms with Crippen molar-refractivity contribution < 1.29 is 14.0 Å². The van der Waals surface area contributed by atoms with Crippen LogP contribution in [0.1, 0.15) is 19.3 Å². The molecular weight excluding hydrogens is 211 g/mol. The van der Waals surface area contributed by atoms with Gasteiger partial charge in [0.25, 0.3) is 0 Å². The van der Waals surface area contributed by atoms with Crippen molar-refractivity contribution in [3.63, 3.8) is 0 Å². The molecule has 2 rings (SSSR count). The van der Waals surface area contributed by atoms with Crippen LogP contribution in [0, 0.1) is 11.7 Å². The zero-order valence-electron chi connectivity index (χ0n) is 8.57. The van der Waals surface area contributed by atoms with Crippen LogP contribution in [-0.4, -0.2) is 16.7 Å². The van der Waals surface area contributed by atoms with Gasteiger partial charge < -0.3 is 5.32 Å². The lowest BCUT2D eigenvalue weighted by molar-refractivity contribution is -0.122. The van der Waals surface area contributed by atoms with Gasteiger partial charge in [-0.3, -0.25) is 9.59 Å². The van der Waals surface area contributed by atoms with E-state index in [2.05, 4.69) is 10.3 Å². The number of rotatable bonds is 2. The van der Waals surface area contributed by atoms with E-state index in [1.165, 1.54) is 12.1 Å². The van der Waals surface area contributed by atoms with Crippen molar-refractivity contribution in [1.29, 1.82) is 0 Å². The van der Waals surface area contributed by atoms with Crippen molar-refractivity contribution in [2.24, 2.45) is 5.92 Å². The Morgan fingerprint density at radius 1 is 1.50 bits per heavy atom. The largest absolute Gasteiger partial charge is 0.310 e. The van der Waals surface area contributed by atoms with Gasteiger partial charge >= 0.3 is 0 Å². The van der Waals surface area contributed by atoms with E-state index in [0.29, 0.717) is 25.1 Å². The second-order valence-electron chi connectivity index (χ2n) is 3.83. The average molecular weight is 222 g/mol. The molecule has 1 saturated carbocycles. The molecule has 4 nitrogen and oxygen atoms in total. The van der Waals surface area contributed by atoms with Crippen LogP contribution in [0.15, 0.2) is 18.3 Å². The molecule has 1 heterocycles. The molecule has 0 radical (unpaired) electrons. The van der Waals surface area contributed by atoms with E-state index >= 15 is 0 Å². The molecule has 0 aromatic carbocycles. The van der Waals surface area contributed by atoms with E-state index in [-0.39, 0.29) is 17.6 Å². The van der Waals surface area contributed by atoms with E-state index in [0.717, 1.165) is 6.20 Å². The summed E-state index contributed by atoms with van der Waals surface area (Å²) in [4.78, 5) is 26.4. The Hall–Kier alpha value is -1.78. The molecule has 0 unspecified atom stereocenters. The molecule has 1 aliphatic carbocycles. The molecule has 1 aliphatic rings. The molecule has 0 aliphatic heterocycles. The predicted octanol–water partition coefficient (Wildman–Crippen LogP) is 1.53. The molecule has 1 atom stereocenters. The quantitative estimate of drug-likeness (QED) is 0.825. The van der Waals surface area contributed by atoms with Crippen molar-refractivity contribution in [2.75, 3.05) is 5.32 Å². The molecule has 1 N–H and O–H groups in total. The lowest BCUT2D eigenvalue weighted by Crippen LogP contribution is -2.21. The Kier molecular flexibility index (Phi) is 2.94. The molecule has 1 aromatic rings. The van der Waals surface area contributed by atoms with Gasteiger partial charge in [-0.25, -0.2) is 9.37 Å². The minimum absolute atomic E-state index is 0.118. The molecule has 0 spiro atoms. The van der Waals surface area contributed by atoms with Crippen molar-refractivity contribution in [1.82, 2.24) is 4.98 Å². The van der Waals surface area contributed by atoms with Crippen LogP contribution in [-0.2, 0) is 9.59 Å². The van der Waals surface area contributed by atoms with Gasteiger partial charge in [-0.15, -0.1) is 0 Å². The lowest BCUT2D eigenvalue weighted by atomic mass is 10.1. The highest BCUT2D eigenvalue weighted by Gasteiger charge is 2.28. The zero-order chi connectivity index (χ0) is 11.5. The van der Waals surface area contributed by atoms with Gasteiger partial charge in [-0.2, -0.15) is 0 Å². The third-order valence-electron chi connectivity index (χ3n) is 2.60. The van der Waals surface area contributed by atoms with Gasteiger partial charge in [-0.05, 0) is 18.6 Å². The molecule has 1 aromatic heterocycles. The highest BCUT2D eigenvalue weighted by Crippen LogP contribution is 2.23. The first-order valence-corrected chi connectivity index (χ1v) is 5.09. The summed E-state index contributed by atoms with van der Waals surface area (Å²) in [6, 6.07) is 2.62. The maximum Gasteiger partial charge on any atom is 0.229 e. The summed E-state index contributed by atoms with van der Waals surface area (Å²) < 4.78 is 12.6. The summed E-state index contributed by atoms with van der Waals surface area (Å²) in [5, 5.41) is 2.56. The van der Waals surface area contributed by atoms with E-state index < -0.39 is 5.82 Å². The van der Waals surface area contributed by atoms with Crippen molar-refractivity contribution >= 4 is 17.5 Å². The smallest absolute Gasteiger partial charge is 0.229 e. The third kappa shape index (κ3) is 2.42. The van der Waals surface area contributed by atoms with Crippen LogP contribution in [0.4, 0.5) is 10.2 Å². The number of aromatic nitrogens is 1. The fourth-order valence-corrected chi connectivity index (χ4v) is 1.72. The van der Waals surface area contributed by atoms with Gasteiger partial charge in [0.1, 0.15) is 17.4 Å². The normalized spacial score (nSPS) is 19.8. The van der Waals surface area contributed by atoms with Gasteiger partial charge in [0.05, 0.1) is 6.20 Å². The first kappa shape index (κ1) is 10.7. The summed E-state index contributed by atoms with van der Waals surface area (Å²) in [7, 11) is 0. The first-order chi connectivity index (χ1) is 7.65. The molecule has 5 heteroatoms. The topological polar surface area (TPSA) is 59.1 Å². The number of anilines is 1. The number of carbonyl (C=O) groups excluding carboxylic acids is 2. The fourth-order valence-electron chi connectivity index (χ4n) is 1.72. The number of Topliss-reactive ketones (excluding diaryl/α,β-unsaturated/α-hetero) is 1. The predicted molar refractivity (Wildman–Crippen MR) is 55.2 cm³/mol. The molecule has 0 saturated heterocycles. The number of halogens is 1.